The van der Waals surface area contributed by atoms with E-state index >= 15 is 0 Å². The molecule has 1 aliphatic rings. The average molecular weight is 910 g/mol. The standard InChI is InChI=1S/C56H92N2.2C2H5.Ni/c1-8-15-22-28-35-46-41-51(42-47(36-29-23-16-9-2)53(46)39-32-26-19-12-5)55-45-50(34-21-14-7)56(58(55)57)52-43-48(37-30-24-17-10-3)54(40-33-27-20-13-6)49(44-52)38-31-25-18-11-4;2*1-2;/h41-45H,8-40H2,1-7H3;2*1H2,2H3;. The number of aryl methyl sites for hydroxylation is 4. The van der Waals surface area contributed by atoms with Gasteiger partial charge in [0.1, 0.15) is 0 Å². The Bertz CT molecular complexity index is 1490. The number of nitrogens with zero attached hydrogens (tertiary/aromatic N) is 2. The first-order chi connectivity index (χ1) is 30.9. The van der Waals surface area contributed by atoms with Gasteiger partial charge in [-0.15, -0.1) is 0 Å². The summed E-state index contributed by atoms with van der Waals surface area (Å²) < 4.78 is 1.65. The summed E-state index contributed by atoms with van der Waals surface area (Å²) in [6, 6.07) is 10.1. The molecule has 1 aliphatic heterocycles. The summed E-state index contributed by atoms with van der Waals surface area (Å²) in [5.74, 6) is 0. The Balaban J connectivity index is 0.00000257. The Kier molecular flexibility index (Phi) is 33.7. The van der Waals surface area contributed by atoms with Crippen molar-refractivity contribution in [1.82, 2.24) is 0 Å². The van der Waals surface area contributed by atoms with Gasteiger partial charge in [0.15, 0.2) is 0 Å². The van der Waals surface area contributed by atoms with Crippen molar-refractivity contribution in [3.63, 3.8) is 0 Å². The molecule has 0 unspecified atom stereocenters. The minimum absolute atomic E-state index is 1.00. The van der Waals surface area contributed by atoms with Crippen molar-refractivity contribution in [2.24, 2.45) is 0 Å². The predicted octanol–water partition coefficient (Wildman–Crippen LogP) is 20.4. The topological polar surface area (TPSA) is 25.3 Å². The van der Waals surface area contributed by atoms with Crippen LogP contribution in [-0.4, -0.2) is 4.70 Å². The normalized spacial score (nSPS) is 12.7. The van der Waals surface area contributed by atoms with Crippen LogP contribution in [0.2, 0.25) is 10.8 Å². The van der Waals surface area contributed by atoms with Crippen LogP contribution in [0.5, 0.6) is 0 Å². The number of hydrogen-bond donors (Lipinski definition) is 0. The van der Waals surface area contributed by atoms with Crippen molar-refractivity contribution in [1.29, 1.82) is 0 Å². The van der Waals surface area contributed by atoms with Gasteiger partial charge in [-0.3, -0.25) is 0 Å². The van der Waals surface area contributed by atoms with Gasteiger partial charge in [0.25, 0.3) is 0 Å². The average Bonchev–Trinajstić information content (AvgIpc) is 3.62. The van der Waals surface area contributed by atoms with Gasteiger partial charge in [0, 0.05) is 22.8 Å². The fourth-order valence-corrected chi connectivity index (χ4v) is 10.1. The second-order valence-electron chi connectivity index (χ2n) is 18.8. The summed E-state index contributed by atoms with van der Waals surface area (Å²) >= 11 is 1.82. The van der Waals surface area contributed by atoms with Gasteiger partial charge in [-0.2, -0.15) is 0 Å². The quantitative estimate of drug-likeness (QED) is 0.0367. The summed E-state index contributed by atoms with van der Waals surface area (Å²) in [5, 5.41) is 2.56. The third-order valence-corrected chi connectivity index (χ3v) is 14.4. The summed E-state index contributed by atoms with van der Waals surface area (Å²) in [6.07, 6.45) is 43.8. The monoisotopic (exact) mass is 909 g/mol. The number of allylic oxidation sites excluding steroid dienone is 2. The molecule has 2 nitrogen and oxygen atoms in total. The second-order valence-corrected chi connectivity index (χ2v) is 20.7. The van der Waals surface area contributed by atoms with E-state index in [1.54, 1.807) is 38.1 Å². The summed E-state index contributed by atoms with van der Waals surface area (Å²) in [6.45, 7) is 20.6. The zero-order chi connectivity index (χ0) is 45.9. The molecule has 0 saturated carbocycles. The SMILES string of the molecule is CCCCCCc1cc(C2=CC(CCCC)=C(c3cc(CCCCCC)c(CCCCCC)c(CCCCCC)c3)[N+]2=[N-])cc(CCCCCC)c1CCCCCC.C[CH2][Ni][CH2]C. The third kappa shape index (κ3) is 21.9. The van der Waals surface area contributed by atoms with Crippen LogP contribution in [0.25, 0.3) is 16.9 Å². The Morgan fingerprint density at radius 1 is 0.365 bits per heavy atom. The molecule has 0 aromatic heterocycles. The zero-order valence-electron chi connectivity index (χ0n) is 43.3. The van der Waals surface area contributed by atoms with E-state index in [1.807, 2.05) is 14.4 Å². The second kappa shape index (κ2) is 37.1. The maximum atomic E-state index is 12.6. The van der Waals surface area contributed by atoms with Crippen molar-refractivity contribution in [2.75, 3.05) is 0 Å². The molecule has 1 heterocycles. The Hall–Kier alpha value is -1.99. The fraction of sp³-hybridized carbons (Fsp3) is 0.733. The molecule has 63 heavy (non-hydrogen) atoms. The Labute approximate surface area is 399 Å². The van der Waals surface area contributed by atoms with Crippen molar-refractivity contribution < 1.29 is 19.1 Å². The maximum absolute atomic E-state index is 12.6. The van der Waals surface area contributed by atoms with Crippen LogP contribution in [0.1, 0.15) is 280 Å². The van der Waals surface area contributed by atoms with Gasteiger partial charge in [-0.25, -0.2) is 4.70 Å². The van der Waals surface area contributed by atoms with E-state index in [4.69, 9.17) is 0 Å². The van der Waals surface area contributed by atoms with Crippen molar-refractivity contribution >= 4 is 11.4 Å². The molecule has 3 rings (SSSR count). The number of hydrogen-bond acceptors (Lipinski definition) is 0. The van der Waals surface area contributed by atoms with E-state index in [2.05, 4.69) is 92.7 Å². The van der Waals surface area contributed by atoms with Crippen LogP contribution in [0.3, 0.4) is 0 Å². The zero-order valence-corrected chi connectivity index (χ0v) is 44.3. The van der Waals surface area contributed by atoms with Gasteiger partial charge in [0.2, 0.25) is 11.4 Å². The third-order valence-electron chi connectivity index (χ3n) is 13.4. The number of unbranched alkanes of at least 4 members (excludes halogenated alkanes) is 19. The molecule has 0 bridgehead atoms. The van der Waals surface area contributed by atoms with E-state index in [0.717, 1.165) is 56.3 Å². The first-order valence-electron chi connectivity index (χ1n) is 27.6. The van der Waals surface area contributed by atoms with Crippen molar-refractivity contribution in [2.45, 2.75) is 285 Å². The van der Waals surface area contributed by atoms with Crippen LogP contribution in [0.15, 0.2) is 35.9 Å². The van der Waals surface area contributed by atoms with Crippen molar-refractivity contribution in [3.8, 4) is 0 Å². The van der Waals surface area contributed by atoms with Gasteiger partial charge < -0.3 is 5.53 Å². The van der Waals surface area contributed by atoms with Crippen LogP contribution in [0.4, 0.5) is 0 Å². The molecule has 0 amide bonds. The van der Waals surface area contributed by atoms with Gasteiger partial charge in [0.05, 0.1) is 0 Å². The van der Waals surface area contributed by atoms with E-state index in [-0.39, 0.29) is 0 Å². The molecule has 0 atom stereocenters. The van der Waals surface area contributed by atoms with Gasteiger partial charge in [-0.1, -0.05) is 170 Å². The van der Waals surface area contributed by atoms with Crippen LogP contribution >= 0.6 is 0 Å². The number of rotatable bonds is 37. The Morgan fingerprint density at radius 2 is 0.683 bits per heavy atom. The number of benzene rings is 2. The summed E-state index contributed by atoms with van der Waals surface area (Å²) in [5.41, 5.74) is 28.0. The fourth-order valence-electron chi connectivity index (χ4n) is 9.62. The molecule has 0 saturated heterocycles. The van der Waals surface area contributed by atoms with E-state index in [0.29, 0.717) is 0 Å². The molecule has 0 spiro atoms. The van der Waals surface area contributed by atoms with Gasteiger partial charge in [-0.05, 0) is 148 Å². The molecule has 0 fully saturated rings. The summed E-state index contributed by atoms with van der Waals surface area (Å²) in [7, 11) is 0. The van der Waals surface area contributed by atoms with Crippen LogP contribution in [-0.2, 0) is 53.0 Å². The molecule has 0 radical (unpaired) electrons. The first-order valence-corrected chi connectivity index (χ1v) is 29.0. The van der Waals surface area contributed by atoms with E-state index in [9.17, 15) is 5.53 Å². The predicted molar refractivity (Wildman–Crippen MR) is 279 cm³/mol. The van der Waals surface area contributed by atoms with Crippen LogP contribution < -0.4 is 0 Å². The van der Waals surface area contributed by atoms with Gasteiger partial charge >= 0.3 is 39.1 Å². The molecular formula is C60H102N2Ni. The van der Waals surface area contributed by atoms with Crippen molar-refractivity contribution in [3.05, 3.63) is 86.0 Å². The summed E-state index contributed by atoms with van der Waals surface area (Å²) in [4.78, 5) is 0. The molecule has 2 aromatic carbocycles. The van der Waals surface area contributed by atoms with Crippen LogP contribution in [0, 0.1) is 0 Å². The molecule has 3 heteroatoms. The molecular weight excluding hydrogens is 807 g/mol. The van der Waals surface area contributed by atoms with E-state index in [1.165, 1.54) is 194 Å². The Morgan fingerprint density at radius 3 is 0.984 bits per heavy atom. The van der Waals surface area contributed by atoms with E-state index < -0.39 is 0 Å². The molecule has 0 aliphatic carbocycles. The molecule has 362 valence electrons. The minimum atomic E-state index is 1.00. The molecule has 2 aromatic rings. The first kappa shape index (κ1) is 57.1. The molecule has 0 N–H and O–H groups in total.